The molecule has 3 fully saturated rings. The summed E-state index contributed by atoms with van der Waals surface area (Å²) in [5.41, 5.74) is 2.90. The lowest BCUT2D eigenvalue weighted by atomic mass is 10.0. The minimum Gasteiger partial charge on any atom is -0.368 e. The fourth-order valence-electron chi connectivity index (χ4n) is 5.23. The van der Waals surface area contributed by atoms with Crippen LogP contribution in [-0.2, 0) is 11.0 Å². The van der Waals surface area contributed by atoms with Crippen LogP contribution >= 0.6 is 11.8 Å². The van der Waals surface area contributed by atoms with Crippen LogP contribution in [0.4, 0.5) is 24.5 Å². The molecule has 0 saturated carbocycles. The molecule has 0 N–H and O–H groups in total. The van der Waals surface area contributed by atoms with E-state index in [0.717, 1.165) is 81.4 Å². The van der Waals surface area contributed by atoms with Gasteiger partial charge in [0.2, 0.25) is 0 Å². The molecule has 2 aromatic rings. The van der Waals surface area contributed by atoms with Gasteiger partial charge in [0.1, 0.15) is 0 Å². The van der Waals surface area contributed by atoms with Gasteiger partial charge >= 0.3 is 6.18 Å². The van der Waals surface area contributed by atoms with E-state index < -0.39 is 11.7 Å². The number of piperazine rings is 2. The first-order valence-electron chi connectivity index (χ1n) is 13.0. The van der Waals surface area contributed by atoms with Gasteiger partial charge in [-0.2, -0.15) is 13.2 Å². The van der Waals surface area contributed by atoms with Gasteiger partial charge in [0.05, 0.1) is 16.2 Å². The quantitative estimate of drug-likeness (QED) is 0.537. The van der Waals surface area contributed by atoms with E-state index in [1.807, 2.05) is 12.1 Å². The number of hydrogen-bond donors (Lipinski definition) is 0. The minimum atomic E-state index is -4.41. The number of thioether (sulfide) groups is 1. The predicted octanol–water partition coefficient (Wildman–Crippen LogP) is 4.15. The molecule has 1 amide bonds. The van der Waals surface area contributed by atoms with Crippen molar-refractivity contribution in [1.82, 2.24) is 14.7 Å². The summed E-state index contributed by atoms with van der Waals surface area (Å²) in [7, 11) is 4.24. The summed E-state index contributed by atoms with van der Waals surface area (Å²) >= 11 is 1.56. The molecule has 0 atom stereocenters. The number of para-hydroxylation sites is 1. The Morgan fingerprint density at radius 2 is 1.39 bits per heavy atom. The maximum atomic E-state index is 14.0. The van der Waals surface area contributed by atoms with Crippen LogP contribution in [0.25, 0.3) is 5.70 Å². The highest BCUT2D eigenvalue weighted by Crippen LogP contribution is 2.40. The molecule has 3 saturated heterocycles. The van der Waals surface area contributed by atoms with Crippen molar-refractivity contribution in [1.29, 1.82) is 0 Å². The fourth-order valence-corrected chi connectivity index (χ4v) is 6.32. The molecule has 0 radical (unpaired) electrons. The Kier molecular flexibility index (Phi) is 7.93. The van der Waals surface area contributed by atoms with E-state index >= 15 is 0 Å². The van der Waals surface area contributed by atoms with E-state index in [-0.39, 0.29) is 5.91 Å². The SMILES string of the molecule is CN1CCN(C(=C2SCCN(c3ccc(C(F)(F)F)cc3)C2=O)c2ccccc2N2CCN(C)CC2)CC1. The topological polar surface area (TPSA) is 33.3 Å². The second-order valence-electron chi connectivity index (χ2n) is 10.1. The summed E-state index contributed by atoms with van der Waals surface area (Å²) < 4.78 is 39.4. The molecule has 38 heavy (non-hydrogen) atoms. The smallest absolute Gasteiger partial charge is 0.368 e. The Morgan fingerprint density at radius 3 is 2.03 bits per heavy atom. The third-order valence-corrected chi connectivity index (χ3v) is 8.59. The summed E-state index contributed by atoms with van der Waals surface area (Å²) in [6.45, 7) is 7.64. The fraction of sp³-hybridized carbons (Fsp3) is 0.464. The zero-order chi connectivity index (χ0) is 26.9. The zero-order valence-corrected chi connectivity index (χ0v) is 22.7. The lowest BCUT2D eigenvalue weighted by molar-refractivity contribution is -0.137. The molecule has 0 aromatic heterocycles. The molecule has 0 unspecified atom stereocenters. The van der Waals surface area contributed by atoms with E-state index in [9.17, 15) is 18.0 Å². The Hall–Kier alpha value is -2.69. The summed E-state index contributed by atoms with van der Waals surface area (Å²) in [6.07, 6.45) is -4.41. The molecule has 3 aliphatic heterocycles. The number of rotatable bonds is 4. The van der Waals surface area contributed by atoms with Crippen molar-refractivity contribution in [2.75, 3.05) is 88.6 Å². The van der Waals surface area contributed by atoms with Crippen LogP contribution in [0.2, 0.25) is 0 Å². The van der Waals surface area contributed by atoms with E-state index in [4.69, 9.17) is 0 Å². The third kappa shape index (κ3) is 5.67. The molecule has 3 heterocycles. The third-order valence-electron chi connectivity index (χ3n) is 7.54. The van der Waals surface area contributed by atoms with Crippen LogP contribution in [-0.4, -0.2) is 99.4 Å². The molecule has 10 heteroatoms. The zero-order valence-electron chi connectivity index (χ0n) is 21.9. The number of carbonyl (C=O) groups is 1. The van der Waals surface area contributed by atoms with Crippen LogP contribution in [0.15, 0.2) is 53.4 Å². The van der Waals surface area contributed by atoms with Crippen LogP contribution in [0.1, 0.15) is 11.1 Å². The Bertz CT molecular complexity index is 1170. The first-order chi connectivity index (χ1) is 18.2. The van der Waals surface area contributed by atoms with E-state index in [1.165, 1.54) is 12.1 Å². The van der Waals surface area contributed by atoms with Crippen LogP contribution < -0.4 is 9.80 Å². The molecular weight excluding hydrogens is 511 g/mol. The molecule has 0 aliphatic carbocycles. The van der Waals surface area contributed by atoms with Crippen molar-refractivity contribution in [3.05, 3.63) is 64.6 Å². The summed E-state index contributed by atoms with van der Waals surface area (Å²) in [4.78, 5) is 25.7. The van der Waals surface area contributed by atoms with E-state index in [1.54, 1.807) is 16.7 Å². The molecule has 5 rings (SSSR count). The van der Waals surface area contributed by atoms with Gasteiger partial charge in [-0.1, -0.05) is 18.2 Å². The standard InChI is InChI=1S/C28H34F3N5OS/c1-32-11-15-34(16-12-32)24-6-4-3-5-23(24)25(35-17-13-33(2)14-18-35)26-27(37)36(19-20-38-26)22-9-7-21(8-10-22)28(29,30)31/h3-10H,11-20H2,1-2H3. The first-order valence-corrected chi connectivity index (χ1v) is 14.0. The lowest BCUT2D eigenvalue weighted by Gasteiger charge is -2.40. The molecule has 204 valence electrons. The van der Waals surface area contributed by atoms with Crippen LogP contribution in [0.5, 0.6) is 0 Å². The van der Waals surface area contributed by atoms with Gasteiger partial charge < -0.3 is 24.5 Å². The highest BCUT2D eigenvalue weighted by Gasteiger charge is 2.34. The molecule has 0 bridgehead atoms. The summed E-state index contributed by atoms with van der Waals surface area (Å²) in [5.74, 6) is 0.527. The van der Waals surface area contributed by atoms with Crippen molar-refractivity contribution in [3.8, 4) is 0 Å². The highest BCUT2D eigenvalue weighted by molar-refractivity contribution is 8.04. The van der Waals surface area contributed by atoms with E-state index in [0.29, 0.717) is 22.9 Å². The van der Waals surface area contributed by atoms with Gasteiger partial charge in [-0.3, -0.25) is 4.79 Å². The number of likely N-dealkylation sites (N-methyl/N-ethyl adjacent to an activating group) is 2. The number of halogens is 3. The Labute approximate surface area is 226 Å². The van der Waals surface area contributed by atoms with Crippen molar-refractivity contribution >= 4 is 34.7 Å². The first kappa shape index (κ1) is 26.9. The molecule has 0 spiro atoms. The number of benzene rings is 2. The minimum absolute atomic E-state index is 0.150. The maximum Gasteiger partial charge on any atom is 0.416 e. The van der Waals surface area contributed by atoms with Crippen molar-refractivity contribution in [2.45, 2.75) is 6.18 Å². The number of hydrogen-bond acceptors (Lipinski definition) is 6. The molecular formula is C28H34F3N5OS. The molecule has 2 aromatic carbocycles. The average molecular weight is 546 g/mol. The Morgan fingerprint density at radius 1 is 0.789 bits per heavy atom. The molecule has 6 nitrogen and oxygen atoms in total. The van der Waals surface area contributed by atoms with Gasteiger partial charge in [0.25, 0.3) is 5.91 Å². The number of alkyl halides is 3. The summed E-state index contributed by atoms with van der Waals surface area (Å²) in [5, 5.41) is 0. The molecule has 3 aliphatic rings. The number of amides is 1. The van der Waals surface area contributed by atoms with Crippen molar-refractivity contribution < 1.29 is 18.0 Å². The van der Waals surface area contributed by atoms with Crippen LogP contribution in [0.3, 0.4) is 0 Å². The second-order valence-corrected chi connectivity index (χ2v) is 11.2. The number of carbonyl (C=O) groups excluding carboxylic acids is 1. The van der Waals surface area contributed by atoms with Crippen LogP contribution in [0, 0.1) is 0 Å². The van der Waals surface area contributed by atoms with Crippen molar-refractivity contribution in [3.63, 3.8) is 0 Å². The monoisotopic (exact) mass is 545 g/mol. The largest absolute Gasteiger partial charge is 0.416 e. The predicted molar refractivity (Wildman–Crippen MR) is 148 cm³/mol. The lowest BCUT2D eigenvalue weighted by Crippen LogP contribution is -2.46. The summed E-state index contributed by atoms with van der Waals surface area (Å²) in [6, 6.07) is 13.2. The normalized spacial score (nSPS) is 21.7. The number of nitrogens with zero attached hydrogens (tertiary/aromatic N) is 5. The average Bonchev–Trinajstić information content (AvgIpc) is 2.91. The van der Waals surface area contributed by atoms with Gasteiger partial charge in [-0.05, 0) is 44.4 Å². The van der Waals surface area contributed by atoms with E-state index in [2.05, 4.69) is 45.8 Å². The van der Waals surface area contributed by atoms with Gasteiger partial charge in [0.15, 0.2) is 0 Å². The second kappa shape index (κ2) is 11.2. The van der Waals surface area contributed by atoms with Crippen molar-refractivity contribution in [2.24, 2.45) is 0 Å². The van der Waals surface area contributed by atoms with Gasteiger partial charge in [-0.15, -0.1) is 11.8 Å². The Balaban J connectivity index is 1.55. The maximum absolute atomic E-state index is 14.0. The van der Waals surface area contributed by atoms with Gasteiger partial charge in [-0.25, -0.2) is 0 Å². The number of anilines is 2. The highest BCUT2D eigenvalue weighted by atomic mass is 32.2. The van der Waals surface area contributed by atoms with Gasteiger partial charge in [0, 0.05) is 81.6 Å².